The van der Waals surface area contributed by atoms with E-state index in [4.69, 9.17) is 5.26 Å². The molecule has 1 heterocycles. The van der Waals surface area contributed by atoms with Crippen LogP contribution in [0.1, 0.15) is 6.92 Å². The van der Waals surface area contributed by atoms with E-state index in [2.05, 4.69) is 4.98 Å². The summed E-state index contributed by atoms with van der Waals surface area (Å²) >= 11 is 0. The maximum atomic E-state index is 13.0. The average Bonchev–Trinajstić information content (AvgIpc) is 2.20. The van der Waals surface area contributed by atoms with Gasteiger partial charge in [0.2, 0.25) is 10.0 Å². The summed E-state index contributed by atoms with van der Waals surface area (Å²) in [6.45, 7) is 1.21. The van der Waals surface area contributed by atoms with Crippen molar-refractivity contribution in [3.8, 4) is 6.07 Å². The van der Waals surface area contributed by atoms with Crippen molar-refractivity contribution < 1.29 is 12.8 Å². The van der Waals surface area contributed by atoms with Crippen molar-refractivity contribution >= 4 is 15.7 Å². The third-order valence-corrected chi connectivity index (χ3v) is 3.21. The van der Waals surface area contributed by atoms with E-state index in [0.717, 1.165) is 6.20 Å². The zero-order valence-electron chi connectivity index (χ0n) is 7.81. The second kappa shape index (κ2) is 4.23. The van der Waals surface area contributed by atoms with E-state index in [1.165, 1.54) is 19.2 Å². The monoisotopic (exact) mass is 229 g/mol. The molecule has 1 atom stereocenters. The summed E-state index contributed by atoms with van der Waals surface area (Å²) in [6, 6.07) is 2.73. The van der Waals surface area contributed by atoms with Crippen LogP contribution in [0.2, 0.25) is 0 Å². The molecule has 80 valence electrons. The number of nitrogens with zero attached hydrogens (tertiary/aromatic N) is 2. The van der Waals surface area contributed by atoms with Crippen LogP contribution in [-0.4, -0.2) is 18.7 Å². The van der Waals surface area contributed by atoms with E-state index in [1.807, 2.05) is 4.72 Å². The first kappa shape index (κ1) is 11.4. The van der Waals surface area contributed by atoms with Crippen molar-refractivity contribution in [1.29, 1.82) is 5.26 Å². The molecule has 7 heteroatoms. The molecule has 0 aliphatic heterocycles. The number of nitrogens with one attached hydrogen (secondary N) is 1. The van der Waals surface area contributed by atoms with Crippen molar-refractivity contribution in [2.24, 2.45) is 0 Å². The molecular formula is C8H8FN3O2S. The highest BCUT2D eigenvalue weighted by Gasteiger charge is 2.21. The summed E-state index contributed by atoms with van der Waals surface area (Å²) in [6.07, 6.45) is 2.13. The van der Waals surface area contributed by atoms with Gasteiger partial charge in [-0.25, -0.2) is 12.8 Å². The first-order valence-electron chi connectivity index (χ1n) is 3.98. The average molecular weight is 229 g/mol. The van der Waals surface area contributed by atoms with Crippen molar-refractivity contribution in [1.82, 2.24) is 4.98 Å². The number of sulfonamides is 1. The van der Waals surface area contributed by atoms with Gasteiger partial charge in [-0.1, -0.05) is 0 Å². The molecule has 1 rings (SSSR count). The molecular weight excluding hydrogens is 221 g/mol. The molecule has 0 saturated carbocycles. The Hall–Kier alpha value is -1.68. The highest BCUT2D eigenvalue weighted by atomic mass is 32.2. The Balaban J connectivity index is 2.98. The summed E-state index contributed by atoms with van der Waals surface area (Å²) in [4.78, 5) is 3.47. The highest BCUT2D eigenvalue weighted by Crippen LogP contribution is 2.14. The van der Waals surface area contributed by atoms with Crippen LogP contribution in [0.25, 0.3) is 0 Å². The van der Waals surface area contributed by atoms with Gasteiger partial charge in [0.1, 0.15) is 0 Å². The summed E-state index contributed by atoms with van der Waals surface area (Å²) < 4.78 is 37.7. The molecule has 1 aromatic heterocycles. The second-order valence-electron chi connectivity index (χ2n) is 2.77. The largest absolute Gasteiger partial charge is 0.279 e. The Labute approximate surface area is 86.6 Å². The van der Waals surface area contributed by atoms with Crippen LogP contribution in [-0.2, 0) is 10.0 Å². The van der Waals surface area contributed by atoms with Gasteiger partial charge in [0.25, 0.3) is 0 Å². The van der Waals surface area contributed by atoms with E-state index in [1.54, 1.807) is 6.07 Å². The number of halogens is 1. The molecule has 0 radical (unpaired) electrons. The van der Waals surface area contributed by atoms with Gasteiger partial charge in [-0.05, 0) is 13.0 Å². The number of aromatic nitrogens is 1. The van der Waals surface area contributed by atoms with Gasteiger partial charge in [0.15, 0.2) is 11.1 Å². The topological polar surface area (TPSA) is 82.8 Å². The van der Waals surface area contributed by atoms with Gasteiger partial charge in [0.05, 0.1) is 18.0 Å². The molecule has 1 aromatic rings. The molecule has 0 spiro atoms. The fourth-order valence-electron chi connectivity index (χ4n) is 0.769. The van der Waals surface area contributed by atoms with Crippen molar-refractivity contribution in [3.05, 3.63) is 24.3 Å². The fourth-order valence-corrected chi connectivity index (χ4v) is 1.56. The van der Waals surface area contributed by atoms with Gasteiger partial charge >= 0.3 is 0 Å². The number of hydrogen-bond acceptors (Lipinski definition) is 4. The normalized spacial score (nSPS) is 12.9. The molecule has 1 N–H and O–H groups in total. The van der Waals surface area contributed by atoms with Gasteiger partial charge < -0.3 is 0 Å². The minimum Gasteiger partial charge on any atom is -0.279 e. The number of nitriles is 1. The molecule has 5 nitrogen and oxygen atoms in total. The smallest absolute Gasteiger partial charge is 0.248 e. The highest BCUT2D eigenvalue weighted by molar-refractivity contribution is 7.93. The third-order valence-electron chi connectivity index (χ3n) is 1.67. The third kappa shape index (κ3) is 2.63. The van der Waals surface area contributed by atoms with Gasteiger partial charge in [-0.2, -0.15) is 5.26 Å². The van der Waals surface area contributed by atoms with Crippen LogP contribution < -0.4 is 4.72 Å². The van der Waals surface area contributed by atoms with E-state index in [-0.39, 0.29) is 5.69 Å². The van der Waals surface area contributed by atoms with Gasteiger partial charge in [-0.15, -0.1) is 0 Å². The standard InChI is InChI=1S/C8H8FN3O2S/c1-6(4-10)15(13,14)12-8-2-3-11-5-7(8)9/h2-3,5-6H,1H3,(H,11,12). The van der Waals surface area contributed by atoms with Gasteiger partial charge in [-0.3, -0.25) is 9.71 Å². The first-order valence-corrected chi connectivity index (χ1v) is 5.53. The molecule has 15 heavy (non-hydrogen) atoms. The van der Waals surface area contributed by atoms with Crippen molar-refractivity contribution in [2.75, 3.05) is 4.72 Å². The molecule has 0 bridgehead atoms. The fraction of sp³-hybridized carbons (Fsp3) is 0.250. The van der Waals surface area contributed by atoms with Crippen LogP contribution in [0, 0.1) is 17.1 Å². The molecule has 0 aromatic carbocycles. The van der Waals surface area contributed by atoms with E-state index >= 15 is 0 Å². The van der Waals surface area contributed by atoms with Crippen LogP contribution in [0.3, 0.4) is 0 Å². The molecule has 0 amide bonds. The van der Waals surface area contributed by atoms with Crippen molar-refractivity contribution in [2.45, 2.75) is 12.2 Å². The molecule has 1 unspecified atom stereocenters. The van der Waals surface area contributed by atoms with Crippen LogP contribution in [0.5, 0.6) is 0 Å². The number of rotatable bonds is 3. The Bertz CT molecular complexity index is 495. The Morgan fingerprint density at radius 3 is 2.87 bits per heavy atom. The van der Waals surface area contributed by atoms with E-state index < -0.39 is 21.1 Å². The Morgan fingerprint density at radius 2 is 2.33 bits per heavy atom. The number of hydrogen-bond donors (Lipinski definition) is 1. The quantitative estimate of drug-likeness (QED) is 0.833. The minimum atomic E-state index is -3.86. The predicted molar refractivity (Wildman–Crippen MR) is 51.8 cm³/mol. The summed E-state index contributed by atoms with van der Waals surface area (Å²) in [7, 11) is -3.86. The van der Waals surface area contributed by atoms with Crippen LogP contribution >= 0.6 is 0 Å². The molecule has 0 aliphatic carbocycles. The Morgan fingerprint density at radius 1 is 1.67 bits per heavy atom. The molecule has 0 fully saturated rings. The zero-order chi connectivity index (χ0) is 11.5. The minimum absolute atomic E-state index is 0.216. The predicted octanol–water partition coefficient (Wildman–Crippen LogP) is 0.874. The zero-order valence-corrected chi connectivity index (χ0v) is 8.62. The maximum Gasteiger partial charge on any atom is 0.248 e. The Kier molecular flexibility index (Phi) is 3.21. The SMILES string of the molecule is CC(C#N)S(=O)(=O)Nc1ccncc1F. The number of anilines is 1. The van der Waals surface area contributed by atoms with Crippen LogP contribution in [0.4, 0.5) is 10.1 Å². The van der Waals surface area contributed by atoms with Crippen molar-refractivity contribution in [3.63, 3.8) is 0 Å². The molecule has 0 aliphatic rings. The summed E-state index contributed by atoms with van der Waals surface area (Å²) in [5.74, 6) is -0.786. The summed E-state index contributed by atoms with van der Waals surface area (Å²) in [5.41, 5.74) is -0.216. The first-order chi connectivity index (χ1) is 6.97. The lowest BCUT2D eigenvalue weighted by atomic mass is 10.4. The lowest BCUT2D eigenvalue weighted by molar-refractivity contribution is 0.594. The van der Waals surface area contributed by atoms with Crippen LogP contribution in [0.15, 0.2) is 18.5 Å². The number of pyridine rings is 1. The van der Waals surface area contributed by atoms with E-state index in [0.29, 0.717) is 0 Å². The second-order valence-corrected chi connectivity index (χ2v) is 4.78. The molecule has 0 saturated heterocycles. The van der Waals surface area contributed by atoms with E-state index in [9.17, 15) is 12.8 Å². The lowest BCUT2D eigenvalue weighted by Gasteiger charge is -2.09. The summed E-state index contributed by atoms with van der Waals surface area (Å²) in [5, 5.41) is 7.20. The maximum absolute atomic E-state index is 13.0. The van der Waals surface area contributed by atoms with Gasteiger partial charge in [0, 0.05) is 6.20 Å². The lowest BCUT2D eigenvalue weighted by Crippen LogP contribution is -2.24.